The number of quaternary nitrogens is 1. The summed E-state index contributed by atoms with van der Waals surface area (Å²) in [5, 5.41) is 2.43. The summed E-state index contributed by atoms with van der Waals surface area (Å²) in [5.74, 6) is 0. The number of nitrogens with two attached hydrogens (primary N) is 1. The Kier molecular flexibility index (Phi) is 46.7. The van der Waals surface area contributed by atoms with Crippen LogP contribution < -0.4 is 5.32 Å². The highest BCUT2D eigenvalue weighted by Crippen LogP contribution is 2.17. The summed E-state index contributed by atoms with van der Waals surface area (Å²) in [7, 11) is -4.42. The standard InChI is InChI=1S/C40H83N.C2H6O4S/c1-3-5-6-7-8-9-10-11-12-13-14-15-16-17-18-19-20-21-22-23-24-25-26-27-28-29-30-31-32-33-34-35-36-37-38-39-40-41-4-2;1-2-6-7(3,4)5/h41H,3-40H2,1-2H3;2H2,1H3,(H,3,4,5). The molecule has 0 heterocycles. The molecule has 0 spiro atoms. The average Bonchev–Trinajstić information content (AvgIpc) is 3.06. The van der Waals surface area contributed by atoms with E-state index in [1.165, 1.54) is 251 Å². The van der Waals surface area contributed by atoms with Crippen LogP contribution in [0.25, 0.3) is 0 Å². The van der Waals surface area contributed by atoms with Gasteiger partial charge < -0.3 is 9.87 Å². The molecule has 2 N–H and O–H groups in total. The van der Waals surface area contributed by atoms with Gasteiger partial charge in [0.2, 0.25) is 10.4 Å². The van der Waals surface area contributed by atoms with Gasteiger partial charge in [-0.15, -0.1) is 0 Å². The molecule has 0 saturated heterocycles. The van der Waals surface area contributed by atoms with E-state index in [0.717, 1.165) is 0 Å². The zero-order chi connectivity index (χ0) is 35.5. The molecule has 0 fully saturated rings. The van der Waals surface area contributed by atoms with Crippen molar-refractivity contribution in [2.45, 2.75) is 252 Å². The molecule has 0 aliphatic heterocycles. The number of rotatable bonds is 40. The first-order chi connectivity index (χ1) is 23.5. The van der Waals surface area contributed by atoms with Crippen molar-refractivity contribution in [1.82, 2.24) is 0 Å². The Balaban J connectivity index is 0. The fraction of sp³-hybridized carbons (Fsp3) is 1.00. The molecule has 6 heteroatoms. The van der Waals surface area contributed by atoms with E-state index < -0.39 is 10.4 Å². The van der Waals surface area contributed by atoms with Gasteiger partial charge in [0.15, 0.2) is 0 Å². The van der Waals surface area contributed by atoms with Crippen LogP contribution in [0.1, 0.15) is 252 Å². The lowest BCUT2D eigenvalue weighted by Gasteiger charge is -2.05. The highest BCUT2D eigenvalue weighted by molar-refractivity contribution is 7.80. The van der Waals surface area contributed by atoms with Crippen molar-refractivity contribution in [2.24, 2.45) is 0 Å². The van der Waals surface area contributed by atoms with Gasteiger partial charge in [-0.2, -0.15) is 0 Å². The Morgan fingerprint density at radius 1 is 0.375 bits per heavy atom. The third kappa shape index (κ3) is 52.6. The van der Waals surface area contributed by atoms with Gasteiger partial charge in [-0.25, -0.2) is 8.42 Å². The monoisotopic (exact) mass is 704 g/mol. The van der Waals surface area contributed by atoms with E-state index in [0.29, 0.717) is 0 Å². The van der Waals surface area contributed by atoms with Crippen LogP contribution >= 0.6 is 0 Å². The van der Waals surface area contributed by atoms with E-state index in [2.05, 4.69) is 23.3 Å². The average molecular weight is 704 g/mol. The molecule has 0 aromatic heterocycles. The normalized spacial score (nSPS) is 11.6. The van der Waals surface area contributed by atoms with Crippen molar-refractivity contribution in [1.29, 1.82) is 0 Å². The van der Waals surface area contributed by atoms with Crippen LogP contribution in [0.2, 0.25) is 0 Å². The van der Waals surface area contributed by atoms with Gasteiger partial charge in [0.25, 0.3) is 0 Å². The van der Waals surface area contributed by atoms with Crippen molar-refractivity contribution < 1.29 is 22.5 Å². The molecular formula is C42H89NO4S. The van der Waals surface area contributed by atoms with Crippen LogP contribution in [-0.2, 0) is 14.6 Å². The molecule has 0 aliphatic rings. The van der Waals surface area contributed by atoms with Gasteiger partial charge in [0.1, 0.15) is 0 Å². The lowest BCUT2D eigenvalue weighted by molar-refractivity contribution is -0.652. The molecule has 0 aliphatic carbocycles. The predicted octanol–water partition coefficient (Wildman–Crippen LogP) is 13.1. The minimum atomic E-state index is -4.42. The molecule has 0 atom stereocenters. The quantitative estimate of drug-likeness (QED) is 0.0391. The highest BCUT2D eigenvalue weighted by Gasteiger charge is 1.98. The SMILES string of the molecule is CCCCCCCCCCCCCCCCCCCCCCCCCCCCCCCCCCCCCC[NH2+]CC.CCOS(=O)(=O)[O-]. The second-order valence-corrected chi connectivity index (χ2v) is 15.7. The minimum absolute atomic E-state index is 0.0914. The van der Waals surface area contributed by atoms with Gasteiger partial charge in [-0.1, -0.05) is 225 Å². The zero-order valence-electron chi connectivity index (χ0n) is 33.2. The fourth-order valence-electron chi connectivity index (χ4n) is 6.72. The van der Waals surface area contributed by atoms with Crippen molar-refractivity contribution in [3.05, 3.63) is 0 Å². The van der Waals surface area contributed by atoms with Gasteiger partial charge in [-0.05, 0) is 26.7 Å². The van der Waals surface area contributed by atoms with Gasteiger partial charge in [0, 0.05) is 0 Å². The lowest BCUT2D eigenvalue weighted by Crippen LogP contribution is -2.83. The fourth-order valence-corrected chi connectivity index (χ4v) is 7.01. The van der Waals surface area contributed by atoms with Crippen LogP contribution in [0.4, 0.5) is 0 Å². The molecule has 5 nitrogen and oxygen atoms in total. The Morgan fingerprint density at radius 2 is 0.583 bits per heavy atom. The lowest BCUT2D eigenvalue weighted by atomic mass is 10.0. The maximum absolute atomic E-state index is 9.45. The van der Waals surface area contributed by atoms with Crippen molar-refractivity contribution >= 4 is 10.4 Å². The summed E-state index contributed by atoms with van der Waals surface area (Å²) < 4.78 is 32.0. The molecule has 292 valence electrons. The Bertz CT molecular complexity index is 620. The summed E-state index contributed by atoms with van der Waals surface area (Å²) in [6, 6.07) is 0. The summed E-state index contributed by atoms with van der Waals surface area (Å²) >= 11 is 0. The topological polar surface area (TPSA) is 83.0 Å². The molecule has 0 amide bonds. The first kappa shape index (κ1) is 49.9. The van der Waals surface area contributed by atoms with E-state index in [-0.39, 0.29) is 6.61 Å². The van der Waals surface area contributed by atoms with Crippen LogP contribution in [-0.4, -0.2) is 32.7 Å². The van der Waals surface area contributed by atoms with Crippen LogP contribution in [0.3, 0.4) is 0 Å². The Morgan fingerprint density at radius 3 is 0.729 bits per heavy atom. The van der Waals surface area contributed by atoms with Crippen LogP contribution in [0, 0.1) is 0 Å². The first-order valence-corrected chi connectivity index (χ1v) is 23.2. The van der Waals surface area contributed by atoms with E-state index >= 15 is 0 Å². The third-order valence-electron chi connectivity index (χ3n) is 9.81. The highest BCUT2D eigenvalue weighted by atomic mass is 32.3. The second-order valence-electron chi connectivity index (χ2n) is 14.7. The maximum Gasteiger partial charge on any atom is 0.217 e. The molecule has 0 bridgehead atoms. The summed E-state index contributed by atoms with van der Waals surface area (Å²) in [6.07, 6.45) is 53.4. The number of hydrogen-bond donors (Lipinski definition) is 1. The van der Waals surface area contributed by atoms with Crippen LogP contribution in [0.15, 0.2) is 0 Å². The predicted molar refractivity (Wildman–Crippen MR) is 211 cm³/mol. The summed E-state index contributed by atoms with van der Waals surface area (Å²) in [4.78, 5) is 0. The van der Waals surface area contributed by atoms with E-state index in [1.807, 2.05) is 0 Å². The number of hydrogen-bond acceptors (Lipinski definition) is 4. The zero-order valence-corrected chi connectivity index (χ0v) is 34.0. The first-order valence-electron chi connectivity index (χ1n) is 21.9. The van der Waals surface area contributed by atoms with E-state index in [9.17, 15) is 13.0 Å². The van der Waals surface area contributed by atoms with Gasteiger partial charge in [-0.3, -0.25) is 4.18 Å². The Hall–Kier alpha value is -0.170. The van der Waals surface area contributed by atoms with E-state index in [1.54, 1.807) is 0 Å². The van der Waals surface area contributed by atoms with Crippen molar-refractivity contribution in [3.8, 4) is 0 Å². The molecule has 0 radical (unpaired) electrons. The molecule has 0 unspecified atom stereocenters. The molecule has 0 aromatic carbocycles. The molecule has 0 rings (SSSR count). The van der Waals surface area contributed by atoms with Crippen molar-refractivity contribution in [3.63, 3.8) is 0 Å². The van der Waals surface area contributed by atoms with Gasteiger partial charge >= 0.3 is 0 Å². The smallest absolute Gasteiger partial charge is 0.217 e. The van der Waals surface area contributed by atoms with E-state index in [4.69, 9.17) is 0 Å². The molecule has 0 saturated carbocycles. The van der Waals surface area contributed by atoms with Gasteiger partial charge in [0.05, 0.1) is 19.7 Å². The van der Waals surface area contributed by atoms with Crippen LogP contribution in [0.5, 0.6) is 0 Å². The summed E-state index contributed by atoms with van der Waals surface area (Å²) in [6.45, 7) is 8.49. The minimum Gasteiger partial charge on any atom is -0.726 e. The maximum atomic E-state index is 9.45. The Labute approximate surface area is 303 Å². The molecule has 48 heavy (non-hydrogen) atoms. The molecule has 0 aromatic rings. The number of unbranched alkanes of at least 4 members (excludes halogenated alkanes) is 35. The molecular weight excluding hydrogens is 615 g/mol. The largest absolute Gasteiger partial charge is 0.726 e. The summed E-state index contributed by atoms with van der Waals surface area (Å²) in [5.41, 5.74) is 0. The van der Waals surface area contributed by atoms with Crippen molar-refractivity contribution in [2.75, 3.05) is 19.7 Å². The second kappa shape index (κ2) is 44.9. The third-order valence-corrected chi connectivity index (χ3v) is 10.3.